The van der Waals surface area contributed by atoms with Crippen LogP contribution in [0.4, 0.5) is 0 Å². The second kappa shape index (κ2) is 6.03. The molecule has 6 nitrogen and oxygen atoms in total. The molecule has 0 aliphatic heterocycles. The number of nitrogens with zero attached hydrogens (tertiary/aromatic N) is 2. The number of unbranched alkanes of at least 4 members (excludes halogenated alkanes) is 1. The second-order valence-corrected chi connectivity index (χ2v) is 6.07. The second-order valence-electron chi connectivity index (χ2n) is 4.24. The van der Waals surface area contributed by atoms with Crippen LogP contribution in [0.1, 0.15) is 12.8 Å². The van der Waals surface area contributed by atoms with Gasteiger partial charge in [0.1, 0.15) is 5.65 Å². The van der Waals surface area contributed by atoms with Crippen molar-refractivity contribution in [2.45, 2.75) is 12.8 Å². The molecule has 2 heterocycles. The van der Waals surface area contributed by atoms with Gasteiger partial charge in [0.05, 0.1) is 12.9 Å². The predicted octanol–water partition coefficient (Wildman–Crippen LogP) is 1.04. The molecule has 0 atom stereocenters. The number of rotatable bonds is 7. The number of aromatic nitrogens is 2. The molecule has 19 heavy (non-hydrogen) atoms. The van der Waals surface area contributed by atoms with Crippen LogP contribution in [0.15, 0.2) is 30.6 Å². The number of imidazole rings is 1. The summed E-state index contributed by atoms with van der Waals surface area (Å²) in [7, 11) is -3.09. The van der Waals surface area contributed by atoms with Crippen molar-refractivity contribution in [3.05, 3.63) is 30.6 Å². The molecule has 0 saturated heterocycles. The fourth-order valence-corrected chi connectivity index (χ4v) is 2.22. The minimum absolute atomic E-state index is 0.442. The fraction of sp³-hybridized carbons (Fsp3) is 0.417. The van der Waals surface area contributed by atoms with Crippen molar-refractivity contribution < 1.29 is 13.2 Å². The van der Waals surface area contributed by atoms with Crippen LogP contribution in [-0.2, 0) is 10.0 Å². The maximum atomic E-state index is 10.8. The maximum absolute atomic E-state index is 10.8. The average molecular weight is 283 g/mol. The standard InChI is InChI=1S/C12H17N3O3S/c1-19(16,17)14-7-2-3-10-18-12-6-4-5-11-13-8-9-15(11)12/h4-6,8-9,14H,2-3,7,10H2,1H3. The van der Waals surface area contributed by atoms with Gasteiger partial charge in [-0.25, -0.2) is 18.1 Å². The Morgan fingerprint density at radius 3 is 3.00 bits per heavy atom. The molecule has 0 aliphatic carbocycles. The maximum Gasteiger partial charge on any atom is 0.208 e. The highest BCUT2D eigenvalue weighted by atomic mass is 32.2. The van der Waals surface area contributed by atoms with Crippen LogP contribution in [0.2, 0.25) is 0 Å². The van der Waals surface area contributed by atoms with Gasteiger partial charge in [-0.1, -0.05) is 6.07 Å². The Morgan fingerprint density at radius 1 is 1.37 bits per heavy atom. The highest BCUT2D eigenvalue weighted by Gasteiger charge is 2.02. The molecule has 0 aromatic carbocycles. The number of pyridine rings is 1. The van der Waals surface area contributed by atoms with Gasteiger partial charge in [-0.2, -0.15) is 0 Å². The third kappa shape index (κ3) is 4.22. The van der Waals surface area contributed by atoms with Crippen LogP contribution >= 0.6 is 0 Å². The molecule has 0 radical (unpaired) electrons. The lowest BCUT2D eigenvalue weighted by molar-refractivity contribution is 0.292. The Labute approximate surface area is 112 Å². The van der Waals surface area contributed by atoms with Gasteiger partial charge in [0.2, 0.25) is 10.0 Å². The molecule has 1 N–H and O–H groups in total. The Morgan fingerprint density at radius 2 is 2.21 bits per heavy atom. The van der Waals surface area contributed by atoms with E-state index in [0.29, 0.717) is 13.2 Å². The van der Waals surface area contributed by atoms with E-state index in [-0.39, 0.29) is 0 Å². The first kappa shape index (κ1) is 13.8. The molecule has 2 aromatic heterocycles. The lowest BCUT2D eigenvalue weighted by Crippen LogP contribution is -2.23. The van der Waals surface area contributed by atoms with E-state index >= 15 is 0 Å². The number of sulfonamides is 1. The molecule has 0 spiro atoms. The van der Waals surface area contributed by atoms with Gasteiger partial charge in [0.25, 0.3) is 0 Å². The number of nitrogens with one attached hydrogen (secondary N) is 1. The first-order valence-electron chi connectivity index (χ1n) is 6.06. The van der Waals surface area contributed by atoms with Gasteiger partial charge in [0.15, 0.2) is 5.88 Å². The van der Waals surface area contributed by atoms with Gasteiger partial charge in [-0.05, 0) is 25.0 Å². The highest BCUT2D eigenvalue weighted by molar-refractivity contribution is 7.88. The summed E-state index contributed by atoms with van der Waals surface area (Å²) < 4.78 is 31.7. The van der Waals surface area contributed by atoms with Gasteiger partial charge >= 0.3 is 0 Å². The number of hydrogen-bond acceptors (Lipinski definition) is 4. The summed E-state index contributed by atoms with van der Waals surface area (Å²) in [6.07, 6.45) is 6.25. The molecule has 0 fully saturated rings. The molecule has 2 aromatic rings. The Bertz CT molecular complexity index is 636. The molecule has 0 amide bonds. The third-order valence-corrected chi connectivity index (χ3v) is 3.30. The summed E-state index contributed by atoms with van der Waals surface area (Å²) >= 11 is 0. The Kier molecular flexibility index (Phi) is 4.39. The fourth-order valence-electron chi connectivity index (χ4n) is 1.70. The lowest BCUT2D eigenvalue weighted by atomic mass is 10.3. The summed E-state index contributed by atoms with van der Waals surface area (Å²) in [6.45, 7) is 0.986. The topological polar surface area (TPSA) is 72.7 Å². The van der Waals surface area contributed by atoms with E-state index in [1.54, 1.807) is 6.20 Å². The summed E-state index contributed by atoms with van der Waals surface area (Å²) in [4.78, 5) is 4.17. The van der Waals surface area contributed by atoms with Crippen LogP contribution in [0.5, 0.6) is 5.88 Å². The Hall–Kier alpha value is -1.60. The lowest BCUT2D eigenvalue weighted by Gasteiger charge is -2.08. The zero-order chi connectivity index (χ0) is 13.7. The van der Waals surface area contributed by atoms with Crippen molar-refractivity contribution >= 4 is 15.7 Å². The van der Waals surface area contributed by atoms with Crippen molar-refractivity contribution in [3.8, 4) is 5.88 Å². The molecule has 2 rings (SSSR count). The molecular weight excluding hydrogens is 266 g/mol. The van der Waals surface area contributed by atoms with E-state index in [0.717, 1.165) is 30.6 Å². The van der Waals surface area contributed by atoms with Crippen molar-refractivity contribution in [1.82, 2.24) is 14.1 Å². The smallest absolute Gasteiger partial charge is 0.208 e. The van der Waals surface area contributed by atoms with E-state index in [9.17, 15) is 8.42 Å². The molecule has 104 valence electrons. The van der Waals surface area contributed by atoms with Crippen LogP contribution in [0.25, 0.3) is 5.65 Å². The van der Waals surface area contributed by atoms with Crippen LogP contribution in [0.3, 0.4) is 0 Å². The van der Waals surface area contributed by atoms with Gasteiger partial charge < -0.3 is 4.74 Å². The van der Waals surface area contributed by atoms with Crippen LogP contribution in [-0.4, -0.2) is 37.2 Å². The summed E-state index contributed by atoms with van der Waals surface area (Å²) in [5.41, 5.74) is 0.844. The molecular formula is C12H17N3O3S. The zero-order valence-corrected chi connectivity index (χ0v) is 11.6. The molecule has 0 unspecified atom stereocenters. The molecule has 0 bridgehead atoms. The van der Waals surface area contributed by atoms with E-state index < -0.39 is 10.0 Å². The minimum atomic E-state index is -3.09. The van der Waals surface area contributed by atoms with Crippen molar-refractivity contribution in [1.29, 1.82) is 0 Å². The zero-order valence-electron chi connectivity index (χ0n) is 10.7. The number of hydrogen-bond donors (Lipinski definition) is 1. The number of fused-ring (bicyclic) bond motifs is 1. The molecule has 0 saturated carbocycles. The van der Waals surface area contributed by atoms with Crippen molar-refractivity contribution in [3.63, 3.8) is 0 Å². The quantitative estimate of drug-likeness (QED) is 0.771. The van der Waals surface area contributed by atoms with E-state index in [2.05, 4.69) is 9.71 Å². The van der Waals surface area contributed by atoms with Crippen molar-refractivity contribution in [2.24, 2.45) is 0 Å². The largest absolute Gasteiger partial charge is 0.479 e. The first-order valence-corrected chi connectivity index (χ1v) is 7.95. The van der Waals surface area contributed by atoms with E-state index in [4.69, 9.17) is 4.74 Å². The van der Waals surface area contributed by atoms with Gasteiger partial charge in [-0.3, -0.25) is 4.40 Å². The van der Waals surface area contributed by atoms with E-state index in [1.807, 2.05) is 28.8 Å². The highest BCUT2D eigenvalue weighted by Crippen LogP contribution is 2.13. The Balaban J connectivity index is 1.76. The van der Waals surface area contributed by atoms with Gasteiger partial charge in [0, 0.05) is 18.9 Å². The predicted molar refractivity (Wildman–Crippen MR) is 72.8 cm³/mol. The molecule has 7 heteroatoms. The third-order valence-electron chi connectivity index (χ3n) is 2.58. The summed E-state index contributed by atoms with van der Waals surface area (Å²) in [5.74, 6) is 0.742. The minimum Gasteiger partial charge on any atom is -0.479 e. The summed E-state index contributed by atoms with van der Waals surface area (Å²) in [5, 5.41) is 0. The average Bonchev–Trinajstić information content (AvgIpc) is 2.81. The van der Waals surface area contributed by atoms with Crippen LogP contribution < -0.4 is 9.46 Å². The number of ether oxygens (including phenoxy) is 1. The van der Waals surface area contributed by atoms with Crippen molar-refractivity contribution in [2.75, 3.05) is 19.4 Å². The summed E-state index contributed by atoms with van der Waals surface area (Å²) in [6, 6.07) is 5.68. The monoisotopic (exact) mass is 283 g/mol. The normalized spacial score (nSPS) is 11.8. The van der Waals surface area contributed by atoms with Crippen LogP contribution in [0, 0.1) is 0 Å². The van der Waals surface area contributed by atoms with E-state index in [1.165, 1.54) is 0 Å². The molecule has 0 aliphatic rings. The first-order chi connectivity index (χ1) is 9.06. The van der Waals surface area contributed by atoms with Gasteiger partial charge in [-0.15, -0.1) is 0 Å². The SMILES string of the molecule is CS(=O)(=O)NCCCCOc1cccc2nccn12.